The molecule has 124 valence electrons. The lowest BCUT2D eigenvalue weighted by Gasteiger charge is -2.16. The molecule has 1 amide bonds. The van der Waals surface area contributed by atoms with Gasteiger partial charge in [0.15, 0.2) is 0 Å². The largest absolute Gasteiger partial charge is 0.359 e. The summed E-state index contributed by atoms with van der Waals surface area (Å²) in [4.78, 5) is 15.9. The second-order valence-electron chi connectivity index (χ2n) is 5.75. The first-order valence-corrected chi connectivity index (χ1v) is 8.90. The van der Waals surface area contributed by atoms with Crippen molar-refractivity contribution in [2.45, 2.75) is 25.9 Å². The number of carbonyl (C=O) groups is 1. The van der Waals surface area contributed by atoms with Crippen LogP contribution in [0, 0.1) is 0 Å². The predicted octanol–water partition coefficient (Wildman–Crippen LogP) is 3.44. The molecule has 1 aromatic heterocycles. The normalized spacial score (nSPS) is 12.2. The molecule has 0 bridgehead atoms. The van der Waals surface area contributed by atoms with Crippen molar-refractivity contribution in [3.63, 3.8) is 0 Å². The second-order valence-corrected chi connectivity index (χ2v) is 6.70. The van der Waals surface area contributed by atoms with Crippen molar-refractivity contribution in [2.75, 3.05) is 7.05 Å². The smallest absolute Gasteiger partial charge is 0.226 e. The van der Waals surface area contributed by atoms with Gasteiger partial charge < -0.3 is 10.6 Å². The minimum Gasteiger partial charge on any atom is -0.359 e. The molecule has 0 saturated heterocycles. The Morgan fingerprint density at radius 2 is 2.00 bits per heavy atom. The van der Waals surface area contributed by atoms with E-state index in [1.165, 1.54) is 27.7 Å². The summed E-state index contributed by atoms with van der Waals surface area (Å²) in [6, 6.07) is 15.1. The van der Waals surface area contributed by atoms with Gasteiger partial charge in [-0.1, -0.05) is 42.5 Å². The van der Waals surface area contributed by atoms with E-state index in [0.717, 1.165) is 10.7 Å². The molecule has 0 fully saturated rings. The van der Waals surface area contributed by atoms with E-state index >= 15 is 0 Å². The number of nitrogens with one attached hydrogen (secondary N) is 2. The number of thiazole rings is 1. The molecule has 3 aromatic rings. The highest BCUT2D eigenvalue weighted by Gasteiger charge is 2.11. The molecule has 1 heterocycles. The zero-order valence-electron chi connectivity index (χ0n) is 13.9. The van der Waals surface area contributed by atoms with Crippen LogP contribution in [0.4, 0.5) is 0 Å². The van der Waals surface area contributed by atoms with Gasteiger partial charge in [-0.15, -0.1) is 11.3 Å². The summed E-state index contributed by atoms with van der Waals surface area (Å²) >= 11 is 1.53. The second kappa shape index (κ2) is 7.55. The molecule has 5 heteroatoms. The van der Waals surface area contributed by atoms with E-state index in [-0.39, 0.29) is 11.9 Å². The number of hydrogen-bond donors (Lipinski definition) is 2. The molecule has 0 aliphatic carbocycles. The fraction of sp³-hybridized carbons (Fsp3) is 0.263. The number of carbonyl (C=O) groups excluding carboxylic acids is 1. The standard InChI is InChI=1S/C19H21N3OS/c1-13(16-9-5-7-14-6-3-4-8-17(14)16)21-11-15-12-24-19(22-15)10-18(23)20-2/h3-9,12-13,21H,10-11H2,1-2H3,(H,20,23)/t13-/m1/s1. The summed E-state index contributed by atoms with van der Waals surface area (Å²) in [7, 11) is 1.64. The summed E-state index contributed by atoms with van der Waals surface area (Å²) in [5, 5.41) is 11.6. The summed E-state index contributed by atoms with van der Waals surface area (Å²) in [5.41, 5.74) is 2.26. The Bertz CT molecular complexity index is 838. The van der Waals surface area contributed by atoms with Crippen LogP contribution in [0.3, 0.4) is 0 Å². The van der Waals surface area contributed by atoms with Gasteiger partial charge in [-0.3, -0.25) is 4.79 Å². The fourth-order valence-electron chi connectivity index (χ4n) is 2.73. The van der Waals surface area contributed by atoms with Gasteiger partial charge in [0.1, 0.15) is 5.01 Å². The van der Waals surface area contributed by atoms with Crippen LogP contribution in [-0.2, 0) is 17.8 Å². The highest BCUT2D eigenvalue weighted by molar-refractivity contribution is 7.09. The van der Waals surface area contributed by atoms with Crippen LogP contribution in [-0.4, -0.2) is 17.9 Å². The average Bonchev–Trinajstić information content (AvgIpc) is 3.06. The molecular weight excluding hydrogens is 318 g/mol. The van der Waals surface area contributed by atoms with Crippen molar-refractivity contribution in [1.29, 1.82) is 0 Å². The first-order chi connectivity index (χ1) is 11.7. The van der Waals surface area contributed by atoms with Crippen molar-refractivity contribution < 1.29 is 4.79 Å². The van der Waals surface area contributed by atoms with Crippen LogP contribution in [0.25, 0.3) is 10.8 Å². The van der Waals surface area contributed by atoms with Gasteiger partial charge in [0, 0.05) is 25.0 Å². The van der Waals surface area contributed by atoms with Gasteiger partial charge in [-0.25, -0.2) is 4.98 Å². The molecule has 0 saturated carbocycles. The molecule has 4 nitrogen and oxygen atoms in total. The number of rotatable bonds is 6. The first-order valence-electron chi connectivity index (χ1n) is 8.02. The van der Waals surface area contributed by atoms with Crippen molar-refractivity contribution in [1.82, 2.24) is 15.6 Å². The van der Waals surface area contributed by atoms with Crippen LogP contribution in [0.1, 0.15) is 29.2 Å². The Morgan fingerprint density at radius 1 is 1.21 bits per heavy atom. The molecule has 2 aromatic carbocycles. The van der Waals surface area contributed by atoms with Gasteiger partial charge in [-0.2, -0.15) is 0 Å². The predicted molar refractivity (Wildman–Crippen MR) is 99.1 cm³/mol. The van der Waals surface area contributed by atoms with Gasteiger partial charge in [0.05, 0.1) is 12.1 Å². The SMILES string of the molecule is CNC(=O)Cc1nc(CN[C@H](C)c2cccc3ccccc23)cs1. The Hall–Kier alpha value is -2.24. The number of likely N-dealkylation sites (N-methyl/N-ethyl adjacent to an activating group) is 1. The van der Waals surface area contributed by atoms with Gasteiger partial charge in [-0.05, 0) is 23.3 Å². The summed E-state index contributed by atoms with van der Waals surface area (Å²) in [5.74, 6) is -0.00650. The highest BCUT2D eigenvalue weighted by Crippen LogP contribution is 2.24. The molecule has 0 aliphatic rings. The van der Waals surface area contributed by atoms with Crippen molar-refractivity contribution in [3.8, 4) is 0 Å². The molecule has 0 unspecified atom stereocenters. The third-order valence-electron chi connectivity index (χ3n) is 4.07. The molecule has 3 rings (SSSR count). The van der Waals surface area contributed by atoms with E-state index in [1.54, 1.807) is 7.05 Å². The van der Waals surface area contributed by atoms with Crippen LogP contribution in [0.5, 0.6) is 0 Å². The maximum Gasteiger partial charge on any atom is 0.226 e. The lowest BCUT2D eigenvalue weighted by molar-refractivity contribution is -0.119. The van der Waals surface area contributed by atoms with Crippen molar-refractivity contribution >= 4 is 28.0 Å². The molecule has 2 N–H and O–H groups in total. The van der Waals surface area contributed by atoms with E-state index in [4.69, 9.17) is 0 Å². The van der Waals surface area contributed by atoms with E-state index in [2.05, 4.69) is 65.0 Å². The summed E-state index contributed by atoms with van der Waals surface area (Å²) in [6.07, 6.45) is 0.347. The Morgan fingerprint density at radius 3 is 2.83 bits per heavy atom. The Balaban J connectivity index is 1.67. The number of amides is 1. The summed E-state index contributed by atoms with van der Waals surface area (Å²) < 4.78 is 0. The molecule has 1 atom stereocenters. The van der Waals surface area contributed by atoms with Gasteiger partial charge >= 0.3 is 0 Å². The number of fused-ring (bicyclic) bond motifs is 1. The van der Waals surface area contributed by atoms with Crippen molar-refractivity contribution in [3.05, 3.63) is 64.1 Å². The molecule has 0 spiro atoms. The van der Waals surface area contributed by atoms with Gasteiger partial charge in [0.2, 0.25) is 5.91 Å². The number of aromatic nitrogens is 1. The zero-order valence-corrected chi connectivity index (χ0v) is 14.7. The Kier molecular flexibility index (Phi) is 5.23. The quantitative estimate of drug-likeness (QED) is 0.723. The monoisotopic (exact) mass is 339 g/mol. The number of benzene rings is 2. The maximum atomic E-state index is 11.4. The minimum absolute atomic E-state index is 0.00650. The van der Waals surface area contributed by atoms with E-state index in [0.29, 0.717) is 13.0 Å². The van der Waals surface area contributed by atoms with Crippen LogP contribution in [0.2, 0.25) is 0 Å². The molecular formula is C19H21N3OS. The zero-order chi connectivity index (χ0) is 16.9. The first kappa shape index (κ1) is 16.6. The summed E-state index contributed by atoms with van der Waals surface area (Å²) in [6.45, 7) is 2.86. The molecule has 0 radical (unpaired) electrons. The molecule has 0 aliphatic heterocycles. The van der Waals surface area contributed by atoms with E-state index < -0.39 is 0 Å². The van der Waals surface area contributed by atoms with Crippen LogP contribution >= 0.6 is 11.3 Å². The Labute approximate surface area is 145 Å². The fourth-order valence-corrected chi connectivity index (χ4v) is 3.53. The highest BCUT2D eigenvalue weighted by atomic mass is 32.1. The number of hydrogen-bond acceptors (Lipinski definition) is 4. The van der Waals surface area contributed by atoms with Crippen LogP contribution < -0.4 is 10.6 Å². The lowest BCUT2D eigenvalue weighted by atomic mass is 10.00. The third-order valence-corrected chi connectivity index (χ3v) is 4.97. The maximum absolute atomic E-state index is 11.4. The van der Waals surface area contributed by atoms with E-state index in [1.807, 2.05) is 5.38 Å². The van der Waals surface area contributed by atoms with Crippen molar-refractivity contribution in [2.24, 2.45) is 0 Å². The van der Waals surface area contributed by atoms with Crippen LogP contribution in [0.15, 0.2) is 47.8 Å². The number of nitrogens with zero attached hydrogens (tertiary/aromatic N) is 1. The average molecular weight is 339 g/mol. The lowest BCUT2D eigenvalue weighted by Crippen LogP contribution is -2.20. The molecule has 24 heavy (non-hydrogen) atoms. The van der Waals surface area contributed by atoms with E-state index in [9.17, 15) is 4.79 Å². The van der Waals surface area contributed by atoms with Gasteiger partial charge in [0.25, 0.3) is 0 Å². The third kappa shape index (κ3) is 3.80. The minimum atomic E-state index is -0.00650. The topological polar surface area (TPSA) is 54.0 Å².